The van der Waals surface area contributed by atoms with E-state index < -0.39 is 17.7 Å². The van der Waals surface area contributed by atoms with Crippen molar-refractivity contribution in [2.75, 3.05) is 18.0 Å². The Morgan fingerprint density at radius 3 is 2.48 bits per heavy atom. The second-order valence-corrected chi connectivity index (χ2v) is 6.80. The number of carbonyl (C=O) groups excluding carboxylic acids is 1. The molecule has 3 heterocycles. The van der Waals surface area contributed by atoms with Crippen molar-refractivity contribution in [1.29, 1.82) is 0 Å². The predicted octanol–water partition coefficient (Wildman–Crippen LogP) is 2.83. The average molecular weight is 375 g/mol. The third-order valence-corrected chi connectivity index (χ3v) is 4.96. The Morgan fingerprint density at radius 1 is 1.15 bits per heavy atom. The molecule has 0 aliphatic carbocycles. The van der Waals surface area contributed by atoms with E-state index in [1.54, 1.807) is 13.1 Å². The van der Waals surface area contributed by atoms with Crippen molar-refractivity contribution in [2.24, 2.45) is 11.0 Å². The van der Waals surface area contributed by atoms with Gasteiger partial charge in [-0.05, 0) is 30.5 Å². The van der Waals surface area contributed by atoms with Crippen molar-refractivity contribution in [1.82, 2.24) is 15.2 Å². The maximum Gasteiger partial charge on any atom is 0.318 e. The topological polar surface area (TPSA) is 74.8 Å². The lowest BCUT2D eigenvalue weighted by molar-refractivity contribution is -0.138. The zero-order chi connectivity index (χ0) is 19.0. The van der Waals surface area contributed by atoms with Crippen molar-refractivity contribution in [3.63, 3.8) is 0 Å². The van der Waals surface area contributed by atoms with Crippen LogP contribution in [-0.4, -0.2) is 40.4 Å². The summed E-state index contributed by atoms with van der Waals surface area (Å²) >= 11 is 0. The number of halogens is 2. The standard InChI is InChI=1S/C18H19F2N5O2/c1-11-22-23-18(27-11)24-6-3-12(4-7-24)17(26)25-16(2-5-21-25)13-8-14(19)10-15(20)9-13/h5,8-10,12,16H,2-4,6-7H2,1H3. The lowest BCUT2D eigenvalue weighted by Crippen LogP contribution is -2.41. The molecule has 1 unspecified atom stereocenters. The number of nitrogens with zero attached hydrogens (tertiary/aromatic N) is 5. The van der Waals surface area contributed by atoms with Crippen LogP contribution in [0.4, 0.5) is 14.8 Å². The van der Waals surface area contributed by atoms with Crippen LogP contribution in [0.5, 0.6) is 0 Å². The molecule has 2 aliphatic heterocycles. The van der Waals surface area contributed by atoms with Gasteiger partial charge in [-0.3, -0.25) is 4.79 Å². The Balaban J connectivity index is 1.44. The van der Waals surface area contributed by atoms with Gasteiger partial charge in [-0.25, -0.2) is 13.8 Å². The minimum atomic E-state index is -0.660. The van der Waals surface area contributed by atoms with Crippen LogP contribution in [0.2, 0.25) is 0 Å². The molecule has 1 aromatic heterocycles. The normalized spacial score (nSPS) is 20.5. The summed E-state index contributed by atoms with van der Waals surface area (Å²) < 4.78 is 32.6. The summed E-state index contributed by atoms with van der Waals surface area (Å²) in [6.07, 6.45) is 3.30. The number of carbonyl (C=O) groups is 1. The Bertz CT molecular complexity index is 856. The average Bonchev–Trinajstić information content (AvgIpc) is 3.29. The fourth-order valence-corrected chi connectivity index (χ4v) is 3.59. The molecule has 142 valence electrons. The van der Waals surface area contributed by atoms with E-state index in [-0.39, 0.29) is 11.8 Å². The lowest BCUT2D eigenvalue weighted by atomic mass is 9.94. The molecule has 4 rings (SSSR count). The molecule has 2 aliphatic rings. The van der Waals surface area contributed by atoms with E-state index in [9.17, 15) is 13.6 Å². The largest absolute Gasteiger partial charge is 0.408 e. The number of anilines is 1. The summed E-state index contributed by atoms with van der Waals surface area (Å²) in [6.45, 7) is 2.97. The number of aromatic nitrogens is 2. The molecule has 1 saturated heterocycles. The quantitative estimate of drug-likeness (QED) is 0.825. The van der Waals surface area contributed by atoms with Gasteiger partial charge in [0.25, 0.3) is 0 Å². The van der Waals surface area contributed by atoms with E-state index in [1.165, 1.54) is 17.1 Å². The van der Waals surface area contributed by atoms with Gasteiger partial charge < -0.3 is 9.32 Å². The molecule has 0 saturated carbocycles. The highest BCUT2D eigenvalue weighted by molar-refractivity contribution is 5.82. The van der Waals surface area contributed by atoms with Gasteiger partial charge >= 0.3 is 6.01 Å². The van der Waals surface area contributed by atoms with Crippen molar-refractivity contribution < 1.29 is 18.0 Å². The monoisotopic (exact) mass is 375 g/mol. The molecule has 0 radical (unpaired) electrons. The highest BCUT2D eigenvalue weighted by Gasteiger charge is 2.35. The van der Waals surface area contributed by atoms with Crippen LogP contribution >= 0.6 is 0 Å². The van der Waals surface area contributed by atoms with Crippen LogP contribution in [0.15, 0.2) is 27.7 Å². The number of hydrogen-bond acceptors (Lipinski definition) is 6. The van der Waals surface area contributed by atoms with E-state index in [0.717, 1.165) is 6.07 Å². The zero-order valence-electron chi connectivity index (χ0n) is 14.8. The predicted molar refractivity (Wildman–Crippen MR) is 93.0 cm³/mol. The Labute approximate surface area is 154 Å². The third kappa shape index (κ3) is 3.54. The maximum atomic E-state index is 13.6. The summed E-state index contributed by atoms with van der Waals surface area (Å²) in [5.74, 6) is -1.15. The molecule has 2 aromatic rings. The van der Waals surface area contributed by atoms with Gasteiger partial charge in [0.2, 0.25) is 11.8 Å². The molecule has 1 atom stereocenters. The van der Waals surface area contributed by atoms with Crippen LogP contribution in [-0.2, 0) is 4.79 Å². The molecule has 0 spiro atoms. The first-order valence-corrected chi connectivity index (χ1v) is 8.88. The van der Waals surface area contributed by atoms with Gasteiger partial charge in [0, 0.05) is 44.6 Å². The number of piperidine rings is 1. The van der Waals surface area contributed by atoms with Gasteiger partial charge in [-0.15, -0.1) is 5.10 Å². The van der Waals surface area contributed by atoms with Crippen molar-refractivity contribution in [3.05, 3.63) is 41.3 Å². The van der Waals surface area contributed by atoms with E-state index >= 15 is 0 Å². The number of aryl methyl sites for hydroxylation is 1. The van der Waals surface area contributed by atoms with E-state index in [0.29, 0.717) is 49.8 Å². The molecule has 1 aromatic carbocycles. The van der Waals surface area contributed by atoms with Crippen molar-refractivity contribution in [3.8, 4) is 0 Å². The number of benzene rings is 1. The van der Waals surface area contributed by atoms with Crippen molar-refractivity contribution >= 4 is 18.1 Å². The first-order chi connectivity index (χ1) is 13.0. The maximum absolute atomic E-state index is 13.6. The lowest BCUT2D eigenvalue weighted by Gasteiger charge is -2.32. The minimum Gasteiger partial charge on any atom is -0.408 e. The Hall–Kier alpha value is -2.84. The molecule has 0 bridgehead atoms. The van der Waals surface area contributed by atoms with E-state index in [4.69, 9.17) is 4.42 Å². The summed E-state index contributed by atoms with van der Waals surface area (Å²) in [5.41, 5.74) is 0.414. The Morgan fingerprint density at radius 2 is 1.85 bits per heavy atom. The van der Waals surface area contributed by atoms with Gasteiger partial charge in [-0.2, -0.15) is 5.10 Å². The van der Waals surface area contributed by atoms with Gasteiger partial charge in [0.1, 0.15) is 11.6 Å². The number of hydrogen-bond donors (Lipinski definition) is 0. The van der Waals surface area contributed by atoms with E-state index in [2.05, 4.69) is 15.3 Å². The van der Waals surface area contributed by atoms with Crippen LogP contribution < -0.4 is 4.90 Å². The fraction of sp³-hybridized carbons (Fsp3) is 0.444. The van der Waals surface area contributed by atoms with Crippen LogP contribution in [0.25, 0.3) is 0 Å². The summed E-state index contributed by atoms with van der Waals surface area (Å²) in [6, 6.07) is 3.32. The number of hydrazone groups is 1. The summed E-state index contributed by atoms with van der Waals surface area (Å²) in [7, 11) is 0. The SMILES string of the molecule is Cc1nnc(N2CCC(C(=O)N3N=CCC3c3cc(F)cc(F)c3)CC2)o1. The molecule has 1 amide bonds. The third-order valence-electron chi connectivity index (χ3n) is 4.96. The first kappa shape index (κ1) is 17.6. The first-order valence-electron chi connectivity index (χ1n) is 8.88. The van der Waals surface area contributed by atoms with Crippen LogP contribution in [0, 0.1) is 24.5 Å². The Kier molecular flexibility index (Phi) is 4.59. The molecule has 9 heteroatoms. The summed E-state index contributed by atoms with van der Waals surface area (Å²) in [4.78, 5) is 14.9. The van der Waals surface area contributed by atoms with Crippen LogP contribution in [0.3, 0.4) is 0 Å². The van der Waals surface area contributed by atoms with Crippen LogP contribution in [0.1, 0.15) is 36.8 Å². The number of amides is 1. The fourth-order valence-electron chi connectivity index (χ4n) is 3.59. The van der Waals surface area contributed by atoms with Gasteiger partial charge in [-0.1, -0.05) is 5.10 Å². The molecule has 0 N–H and O–H groups in total. The smallest absolute Gasteiger partial charge is 0.318 e. The molecular weight excluding hydrogens is 356 g/mol. The van der Waals surface area contributed by atoms with E-state index in [1.807, 2.05) is 4.90 Å². The van der Waals surface area contributed by atoms with Gasteiger partial charge in [0.05, 0.1) is 6.04 Å². The highest BCUT2D eigenvalue weighted by atomic mass is 19.1. The van der Waals surface area contributed by atoms with Crippen molar-refractivity contribution in [2.45, 2.75) is 32.2 Å². The molecule has 7 nitrogen and oxygen atoms in total. The minimum absolute atomic E-state index is 0.125. The zero-order valence-corrected chi connectivity index (χ0v) is 14.8. The molecule has 27 heavy (non-hydrogen) atoms. The highest BCUT2D eigenvalue weighted by Crippen LogP contribution is 2.33. The van der Waals surface area contributed by atoms with Gasteiger partial charge in [0.15, 0.2) is 0 Å². The molecular formula is C18H19F2N5O2. The summed E-state index contributed by atoms with van der Waals surface area (Å²) in [5, 5.41) is 13.4. The second kappa shape index (κ2) is 7.05. The number of rotatable bonds is 3. The second-order valence-electron chi connectivity index (χ2n) is 6.80. The molecule has 1 fully saturated rings.